The van der Waals surface area contributed by atoms with Gasteiger partial charge in [0.25, 0.3) is 5.92 Å². The molecule has 11 heteroatoms. The molecule has 1 aliphatic rings. The average Bonchev–Trinajstić information content (AvgIpc) is 2.82. The number of pyridine rings is 2. The van der Waals surface area contributed by atoms with Crippen molar-refractivity contribution in [3.8, 4) is 11.5 Å². The summed E-state index contributed by atoms with van der Waals surface area (Å²) < 4.78 is 62.2. The number of hydrogen-bond donors (Lipinski definition) is 2. The molecule has 35 heavy (non-hydrogen) atoms. The van der Waals surface area contributed by atoms with Crippen LogP contribution in [0.3, 0.4) is 0 Å². The van der Waals surface area contributed by atoms with Gasteiger partial charge in [-0.2, -0.15) is 0 Å². The molecule has 0 aliphatic carbocycles. The molecule has 2 N–H and O–H groups in total. The first kappa shape index (κ1) is 24.4. The van der Waals surface area contributed by atoms with E-state index < -0.39 is 47.4 Å². The summed E-state index contributed by atoms with van der Waals surface area (Å²) in [5, 5.41) is 2.38. The zero-order valence-electron chi connectivity index (χ0n) is 18.6. The fraction of sp³-hybridized carbons (Fsp3) is 0.292. The number of likely N-dealkylation sites (tertiary alicyclic amines) is 1. The van der Waals surface area contributed by atoms with Gasteiger partial charge in [-0.3, -0.25) is 14.5 Å². The first-order valence-corrected chi connectivity index (χ1v) is 10.8. The highest BCUT2D eigenvalue weighted by Crippen LogP contribution is 2.40. The summed E-state index contributed by atoms with van der Waals surface area (Å²) >= 11 is 0. The minimum Gasteiger partial charge on any atom is -0.456 e. The number of ether oxygens (including phenoxy) is 1. The number of aromatic nitrogens is 2. The standard InChI is InChI=1S/C24H22F4N4O3/c1-14(32-9-8-24(27,28)19(13-32)15-2-7-21(33)29-11-15)23(34)31-22-20(26)10-18(12-30-22)35-17-5-3-16(25)4-6-17/h2-7,10-12,14,19H,8-9,13H2,1H3,(H,29,33)(H,30,31,34). The zero-order chi connectivity index (χ0) is 25.2. The van der Waals surface area contributed by atoms with Gasteiger partial charge in [-0.25, -0.2) is 22.5 Å². The molecule has 2 aromatic heterocycles. The maximum absolute atomic E-state index is 14.6. The Morgan fingerprint density at radius 2 is 1.94 bits per heavy atom. The van der Waals surface area contributed by atoms with Gasteiger partial charge in [-0.05, 0) is 36.8 Å². The van der Waals surface area contributed by atoms with Crippen LogP contribution in [0, 0.1) is 11.6 Å². The van der Waals surface area contributed by atoms with Gasteiger partial charge in [0.1, 0.15) is 17.3 Å². The number of H-pyrrole nitrogens is 1. The summed E-state index contributed by atoms with van der Waals surface area (Å²) in [6, 6.07) is 7.80. The summed E-state index contributed by atoms with van der Waals surface area (Å²) in [4.78, 5) is 31.9. The van der Waals surface area contributed by atoms with Crippen LogP contribution in [-0.4, -0.2) is 45.8 Å². The number of alkyl halides is 2. The number of nitrogens with zero attached hydrogens (tertiary/aromatic N) is 2. The number of piperidine rings is 1. The van der Waals surface area contributed by atoms with Crippen LogP contribution in [-0.2, 0) is 4.79 Å². The molecule has 3 aromatic rings. The van der Waals surface area contributed by atoms with Crippen molar-refractivity contribution >= 4 is 11.7 Å². The van der Waals surface area contributed by atoms with Crippen molar-refractivity contribution < 1.29 is 27.1 Å². The Kier molecular flexibility index (Phi) is 6.88. The van der Waals surface area contributed by atoms with E-state index in [0.717, 1.165) is 6.07 Å². The molecule has 2 unspecified atom stereocenters. The summed E-state index contributed by atoms with van der Waals surface area (Å²) in [6.07, 6.45) is 1.97. The van der Waals surface area contributed by atoms with Crippen molar-refractivity contribution in [2.24, 2.45) is 0 Å². The third-order valence-corrected chi connectivity index (χ3v) is 5.90. The molecular formula is C24H22F4N4O3. The molecule has 2 atom stereocenters. The average molecular weight is 490 g/mol. The highest BCUT2D eigenvalue weighted by molar-refractivity contribution is 5.93. The van der Waals surface area contributed by atoms with Gasteiger partial charge in [0.05, 0.1) is 18.2 Å². The molecule has 184 valence electrons. The number of aromatic amines is 1. The molecule has 1 saturated heterocycles. The number of anilines is 1. The molecule has 0 saturated carbocycles. The Morgan fingerprint density at radius 3 is 2.60 bits per heavy atom. The number of halogens is 4. The van der Waals surface area contributed by atoms with Gasteiger partial charge in [-0.1, -0.05) is 6.07 Å². The Hall–Kier alpha value is -3.73. The third-order valence-electron chi connectivity index (χ3n) is 5.90. The summed E-state index contributed by atoms with van der Waals surface area (Å²) in [7, 11) is 0. The predicted molar refractivity (Wildman–Crippen MR) is 120 cm³/mol. The maximum Gasteiger partial charge on any atom is 0.257 e. The number of rotatable bonds is 6. The topological polar surface area (TPSA) is 87.3 Å². The lowest BCUT2D eigenvalue weighted by Gasteiger charge is -2.40. The van der Waals surface area contributed by atoms with Gasteiger partial charge in [0.15, 0.2) is 11.6 Å². The number of nitrogens with one attached hydrogen (secondary N) is 2. The Bertz CT molecular complexity index is 1250. The summed E-state index contributed by atoms with van der Waals surface area (Å²) in [5.74, 6) is -6.18. The van der Waals surface area contributed by atoms with Gasteiger partial charge in [0, 0.05) is 37.8 Å². The van der Waals surface area contributed by atoms with Gasteiger partial charge in [-0.15, -0.1) is 0 Å². The minimum atomic E-state index is -3.01. The zero-order valence-corrected chi connectivity index (χ0v) is 18.6. The number of carbonyl (C=O) groups is 1. The second-order valence-corrected chi connectivity index (χ2v) is 8.27. The molecule has 0 radical (unpaired) electrons. The van der Waals surface area contributed by atoms with Crippen molar-refractivity contribution in [2.45, 2.75) is 31.2 Å². The number of amides is 1. The molecule has 4 rings (SSSR count). The Labute approximate surface area is 197 Å². The largest absolute Gasteiger partial charge is 0.456 e. The monoisotopic (exact) mass is 490 g/mol. The van der Waals surface area contributed by atoms with Crippen LogP contribution in [0.4, 0.5) is 23.4 Å². The second kappa shape index (κ2) is 9.87. The lowest BCUT2D eigenvalue weighted by molar-refractivity contribution is -0.125. The van der Waals surface area contributed by atoms with Gasteiger partial charge < -0.3 is 15.0 Å². The third kappa shape index (κ3) is 5.68. The van der Waals surface area contributed by atoms with E-state index in [1.54, 1.807) is 4.90 Å². The van der Waals surface area contributed by atoms with E-state index in [0.29, 0.717) is 0 Å². The highest BCUT2D eigenvalue weighted by Gasteiger charge is 2.46. The Morgan fingerprint density at radius 1 is 1.20 bits per heavy atom. The molecule has 1 amide bonds. The van der Waals surface area contributed by atoms with E-state index in [2.05, 4.69) is 15.3 Å². The fourth-order valence-electron chi connectivity index (χ4n) is 3.86. The van der Waals surface area contributed by atoms with Crippen molar-refractivity contribution in [1.29, 1.82) is 0 Å². The predicted octanol–water partition coefficient (Wildman–Crippen LogP) is 4.29. The van der Waals surface area contributed by atoms with Crippen LogP contribution < -0.4 is 15.6 Å². The van der Waals surface area contributed by atoms with E-state index in [-0.39, 0.29) is 36.0 Å². The summed E-state index contributed by atoms with van der Waals surface area (Å²) in [5.41, 5.74) is -0.141. The molecule has 3 heterocycles. The number of carbonyl (C=O) groups excluding carboxylic acids is 1. The van der Waals surface area contributed by atoms with Gasteiger partial charge >= 0.3 is 0 Å². The SMILES string of the molecule is CC(C(=O)Nc1ncc(Oc2ccc(F)cc2)cc1F)N1CCC(F)(F)C(c2ccc(=O)[nH]c2)C1. The summed E-state index contributed by atoms with van der Waals surface area (Å²) in [6.45, 7) is 1.36. The highest BCUT2D eigenvalue weighted by atomic mass is 19.3. The molecular weight excluding hydrogens is 468 g/mol. The minimum absolute atomic E-state index is 0.0399. The van der Waals surface area contributed by atoms with Crippen LogP contribution >= 0.6 is 0 Å². The van der Waals surface area contributed by atoms with E-state index in [4.69, 9.17) is 4.74 Å². The lowest BCUT2D eigenvalue weighted by atomic mass is 9.87. The molecule has 1 aliphatic heterocycles. The van der Waals surface area contributed by atoms with Crippen LogP contribution in [0.15, 0.2) is 59.7 Å². The number of hydrogen-bond acceptors (Lipinski definition) is 5. The molecule has 1 fully saturated rings. The van der Waals surface area contributed by atoms with Crippen molar-refractivity contribution in [3.63, 3.8) is 0 Å². The Balaban J connectivity index is 1.42. The smallest absolute Gasteiger partial charge is 0.257 e. The lowest BCUT2D eigenvalue weighted by Crippen LogP contribution is -2.52. The van der Waals surface area contributed by atoms with Crippen molar-refractivity contribution in [1.82, 2.24) is 14.9 Å². The molecule has 0 bridgehead atoms. The van der Waals surface area contributed by atoms with Crippen molar-refractivity contribution in [3.05, 3.63) is 82.4 Å². The fourth-order valence-corrected chi connectivity index (χ4v) is 3.86. The second-order valence-electron chi connectivity index (χ2n) is 8.27. The first-order chi connectivity index (χ1) is 16.6. The molecule has 0 spiro atoms. The molecule has 1 aromatic carbocycles. The van der Waals surface area contributed by atoms with E-state index in [1.807, 2.05) is 0 Å². The van der Waals surface area contributed by atoms with Crippen LogP contribution in [0.5, 0.6) is 11.5 Å². The van der Waals surface area contributed by atoms with Crippen LogP contribution in [0.25, 0.3) is 0 Å². The van der Waals surface area contributed by atoms with E-state index in [9.17, 15) is 27.2 Å². The quantitative estimate of drug-likeness (QED) is 0.504. The van der Waals surface area contributed by atoms with E-state index >= 15 is 0 Å². The van der Waals surface area contributed by atoms with Crippen LogP contribution in [0.1, 0.15) is 24.8 Å². The number of benzene rings is 1. The van der Waals surface area contributed by atoms with Crippen molar-refractivity contribution in [2.75, 3.05) is 18.4 Å². The normalized spacial score (nSPS) is 18.6. The first-order valence-electron chi connectivity index (χ1n) is 10.8. The van der Waals surface area contributed by atoms with Crippen LogP contribution in [0.2, 0.25) is 0 Å². The van der Waals surface area contributed by atoms with E-state index in [1.165, 1.54) is 55.7 Å². The maximum atomic E-state index is 14.6. The molecule has 7 nitrogen and oxygen atoms in total. The van der Waals surface area contributed by atoms with Gasteiger partial charge in [0.2, 0.25) is 11.5 Å².